The van der Waals surface area contributed by atoms with Gasteiger partial charge in [0.2, 0.25) is 0 Å². The summed E-state index contributed by atoms with van der Waals surface area (Å²) in [7, 11) is 0. The molecule has 0 radical (unpaired) electrons. The molecule has 1 fully saturated rings. The van der Waals surface area contributed by atoms with E-state index in [9.17, 15) is 0 Å². The number of hydrogen-bond acceptors (Lipinski definition) is 4. The Morgan fingerprint density at radius 1 is 1.75 bits per heavy atom. The molecule has 0 spiro atoms. The van der Waals surface area contributed by atoms with Crippen LogP contribution in [-0.2, 0) is 4.74 Å². The van der Waals surface area contributed by atoms with Gasteiger partial charge in [0, 0.05) is 6.42 Å². The number of nitrogens with zero attached hydrogens (tertiary/aromatic N) is 1. The first-order valence-electron chi connectivity index (χ1n) is 2.35. The standard InChI is InChI=1S/C4H7NO2S/c6-5-4-1-2-7-3-8-4/h6H,1-3H2/b5-4-. The predicted octanol–water partition coefficient (Wildman–Crippen LogP) is 0.885. The van der Waals surface area contributed by atoms with Crippen molar-refractivity contribution in [1.29, 1.82) is 0 Å². The first-order valence-corrected chi connectivity index (χ1v) is 3.33. The lowest BCUT2D eigenvalue weighted by molar-refractivity contribution is 0.187. The molecule has 0 unspecified atom stereocenters. The van der Waals surface area contributed by atoms with E-state index < -0.39 is 0 Å². The molecule has 0 bridgehead atoms. The van der Waals surface area contributed by atoms with E-state index in [2.05, 4.69) is 5.16 Å². The second kappa shape index (κ2) is 2.94. The van der Waals surface area contributed by atoms with E-state index in [1.165, 1.54) is 11.8 Å². The maximum absolute atomic E-state index is 8.20. The van der Waals surface area contributed by atoms with E-state index in [0.29, 0.717) is 12.5 Å². The maximum Gasteiger partial charge on any atom is 0.117 e. The van der Waals surface area contributed by atoms with E-state index in [1.54, 1.807) is 0 Å². The third-order valence-electron chi connectivity index (χ3n) is 0.881. The summed E-state index contributed by atoms with van der Waals surface area (Å²) >= 11 is 1.44. The number of oxime groups is 1. The Hall–Kier alpha value is -0.220. The minimum absolute atomic E-state index is 0.624. The van der Waals surface area contributed by atoms with Crippen molar-refractivity contribution in [3.63, 3.8) is 0 Å². The van der Waals surface area contributed by atoms with Gasteiger partial charge in [0.25, 0.3) is 0 Å². The smallest absolute Gasteiger partial charge is 0.117 e. The summed E-state index contributed by atoms with van der Waals surface area (Å²) in [5.41, 5.74) is 0. The largest absolute Gasteiger partial charge is 0.410 e. The van der Waals surface area contributed by atoms with Crippen LogP contribution in [0.5, 0.6) is 0 Å². The summed E-state index contributed by atoms with van der Waals surface area (Å²) in [6.45, 7) is 0.687. The summed E-state index contributed by atoms with van der Waals surface area (Å²) in [5.74, 6) is 0.624. The van der Waals surface area contributed by atoms with E-state index >= 15 is 0 Å². The Bertz CT molecular complexity index is 96.2. The summed E-state index contributed by atoms with van der Waals surface area (Å²) < 4.78 is 4.97. The van der Waals surface area contributed by atoms with Crippen molar-refractivity contribution in [2.75, 3.05) is 12.5 Å². The molecule has 8 heavy (non-hydrogen) atoms. The van der Waals surface area contributed by atoms with Gasteiger partial charge in [-0.05, 0) is 0 Å². The number of hydrogen-bond donors (Lipinski definition) is 1. The van der Waals surface area contributed by atoms with Gasteiger partial charge in [0.1, 0.15) is 5.04 Å². The van der Waals surface area contributed by atoms with E-state index in [4.69, 9.17) is 9.94 Å². The molecule has 0 aromatic rings. The minimum atomic E-state index is 0.624. The van der Waals surface area contributed by atoms with E-state index in [0.717, 1.165) is 11.5 Å². The lowest BCUT2D eigenvalue weighted by Crippen LogP contribution is -2.08. The Balaban J connectivity index is 2.33. The van der Waals surface area contributed by atoms with Gasteiger partial charge in [-0.1, -0.05) is 16.9 Å². The van der Waals surface area contributed by atoms with E-state index in [-0.39, 0.29) is 0 Å². The third-order valence-corrected chi connectivity index (χ3v) is 1.78. The van der Waals surface area contributed by atoms with Gasteiger partial charge < -0.3 is 9.94 Å². The molecule has 46 valence electrons. The zero-order valence-corrected chi connectivity index (χ0v) is 5.15. The van der Waals surface area contributed by atoms with Gasteiger partial charge in [0.15, 0.2) is 0 Å². The Kier molecular flexibility index (Phi) is 2.17. The number of rotatable bonds is 0. The number of ether oxygens (including phenoxy) is 1. The highest BCUT2D eigenvalue weighted by Gasteiger charge is 2.06. The van der Waals surface area contributed by atoms with Crippen LogP contribution in [0.3, 0.4) is 0 Å². The second-order valence-corrected chi connectivity index (χ2v) is 2.41. The van der Waals surface area contributed by atoms with Crippen molar-refractivity contribution < 1.29 is 9.94 Å². The van der Waals surface area contributed by atoms with Crippen LogP contribution < -0.4 is 0 Å². The van der Waals surface area contributed by atoms with Crippen molar-refractivity contribution in [3.05, 3.63) is 0 Å². The highest BCUT2D eigenvalue weighted by atomic mass is 32.2. The van der Waals surface area contributed by atoms with Crippen LogP contribution in [0, 0.1) is 0 Å². The Morgan fingerprint density at radius 2 is 2.62 bits per heavy atom. The average molecular weight is 133 g/mol. The first kappa shape index (κ1) is 5.91. The summed E-state index contributed by atoms with van der Waals surface area (Å²) in [4.78, 5) is 0. The van der Waals surface area contributed by atoms with Crippen molar-refractivity contribution in [2.24, 2.45) is 5.16 Å². The molecule has 3 nitrogen and oxygen atoms in total. The summed E-state index contributed by atoms with van der Waals surface area (Å²) in [6, 6.07) is 0. The molecule has 0 aromatic heterocycles. The topological polar surface area (TPSA) is 41.8 Å². The van der Waals surface area contributed by atoms with Crippen LogP contribution in [0.25, 0.3) is 0 Å². The van der Waals surface area contributed by atoms with Crippen molar-refractivity contribution in [1.82, 2.24) is 0 Å². The van der Waals surface area contributed by atoms with Crippen molar-refractivity contribution in [2.45, 2.75) is 6.42 Å². The second-order valence-electron chi connectivity index (χ2n) is 1.41. The van der Waals surface area contributed by atoms with Gasteiger partial charge in [-0.2, -0.15) is 0 Å². The molecule has 0 aromatic carbocycles. The van der Waals surface area contributed by atoms with Gasteiger partial charge >= 0.3 is 0 Å². The maximum atomic E-state index is 8.20. The average Bonchev–Trinajstić information content (AvgIpc) is 1.90. The lowest BCUT2D eigenvalue weighted by Gasteiger charge is -2.09. The van der Waals surface area contributed by atoms with Crippen LogP contribution in [0.1, 0.15) is 6.42 Å². The first-order chi connectivity index (χ1) is 3.93. The molecular formula is C4H7NO2S. The van der Waals surface area contributed by atoms with Crippen LogP contribution >= 0.6 is 11.8 Å². The molecule has 1 saturated heterocycles. The molecule has 1 N–H and O–H groups in total. The quantitative estimate of drug-likeness (QED) is 0.394. The molecule has 0 amide bonds. The zero-order valence-electron chi connectivity index (χ0n) is 4.33. The van der Waals surface area contributed by atoms with Gasteiger partial charge in [-0.25, -0.2) is 0 Å². The van der Waals surface area contributed by atoms with Crippen LogP contribution in [0.15, 0.2) is 5.16 Å². The van der Waals surface area contributed by atoms with Crippen LogP contribution in [-0.4, -0.2) is 22.8 Å². The fourth-order valence-electron chi connectivity index (χ4n) is 0.479. The normalized spacial score (nSPS) is 26.2. The fourth-order valence-corrected chi connectivity index (χ4v) is 1.10. The highest BCUT2D eigenvalue weighted by Crippen LogP contribution is 2.12. The molecule has 4 heteroatoms. The van der Waals surface area contributed by atoms with Gasteiger partial charge in [-0.3, -0.25) is 0 Å². The molecule has 1 heterocycles. The molecule has 1 aliphatic heterocycles. The monoisotopic (exact) mass is 133 g/mol. The summed E-state index contributed by atoms with van der Waals surface area (Å²) in [5, 5.41) is 12.0. The molecule has 0 aliphatic carbocycles. The highest BCUT2D eigenvalue weighted by molar-refractivity contribution is 8.13. The zero-order chi connectivity index (χ0) is 5.82. The van der Waals surface area contributed by atoms with Crippen LogP contribution in [0.4, 0.5) is 0 Å². The Morgan fingerprint density at radius 3 is 3.00 bits per heavy atom. The Labute approximate surface area is 51.7 Å². The summed E-state index contributed by atoms with van der Waals surface area (Å²) in [6.07, 6.45) is 0.751. The molecule has 0 atom stereocenters. The van der Waals surface area contributed by atoms with E-state index in [1.807, 2.05) is 0 Å². The van der Waals surface area contributed by atoms with Gasteiger partial charge in [-0.15, -0.1) is 0 Å². The fraction of sp³-hybridized carbons (Fsp3) is 0.750. The minimum Gasteiger partial charge on any atom is -0.410 e. The SMILES string of the molecule is O/N=C1/CCOCS1. The number of thioether (sulfide) groups is 1. The lowest BCUT2D eigenvalue weighted by atomic mass is 10.5. The third kappa shape index (κ3) is 1.38. The molecule has 1 rings (SSSR count). The predicted molar refractivity (Wildman–Crippen MR) is 32.2 cm³/mol. The van der Waals surface area contributed by atoms with Crippen molar-refractivity contribution in [3.8, 4) is 0 Å². The van der Waals surface area contributed by atoms with Crippen molar-refractivity contribution >= 4 is 16.8 Å². The molecule has 1 aliphatic rings. The molecular weight excluding hydrogens is 126 g/mol. The molecule has 0 saturated carbocycles. The van der Waals surface area contributed by atoms with Crippen LogP contribution in [0.2, 0.25) is 0 Å². The van der Waals surface area contributed by atoms with Gasteiger partial charge in [0.05, 0.1) is 12.5 Å².